The smallest absolute Gasteiger partial charge is 0.246 e. The van der Waals surface area contributed by atoms with Gasteiger partial charge in [-0.15, -0.1) is 16.8 Å². The molecular weight excluding hydrogens is 348 g/mol. The number of allylic oxidation sites excluding steroid dienone is 1. The molecule has 4 rings (SSSR count). The fraction of sp³-hybridized carbons (Fsp3) is 0.0833. The molecule has 1 aromatic heterocycles. The molecule has 0 atom stereocenters. The van der Waals surface area contributed by atoms with E-state index in [4.69, 9.17) is 9.47 Å². The minimum Gasteiger partial charge on any atom is -0.493 e. The molecule has 0 unspecified atom stereocenters. The highest BCUT2D eigenvalue weighted by atomic mass is 16.5. The van der Waals surface area contributed by atoms with Gasteiger partial charge in [0.2, 0.25) is 5.88 Å². The molecule has 0 N–H and O–H groups in total. The van der Waals surface area contributed by atoms with E-state index in [1.165, 1.54) is 0 Å². The molecule has 28 heavy (non-hydrogen) atoms. The summed E-state index contributed by atoms with van der Waals surface area (Å²) in [7, 11) is 1.63. The van der Waals surface area contributed by atoms with Crippen LogP contribution in [-0.4, -0.2) is 17.3 Å². The van der Waals surface area contributed by atoms with Gasteiger partial charge in [-0.1, -0.05) is 60.7 Å². The zero-order valence-electron chi connectivity index (χ0n) is 15.6. The monoisotopic (exact) mass is 368 g/mol. The molecule has 0 aliphatic carbocycles. The summed E-state index contributed by atoms with van der Waals surface area (Å²) in [6.45, 7) is 3.78. The van der Waals surface area contributed by atoms with E-state index in [9.17, 15) is 0 Å². The van der Waals surface area contributed by atoms with Gasteiger partial charge in [0.15, 0.2) is 11.5 Å². The molecule has 138 valence electrons. The molecule has 0 amide bonds. The molecule has 0 spiro atoms. The Morgan fingerprint density at radius 1 is 0.857 bits per heavy atom. The number of ether oxygens (including phenoxy) is 2. The number of rotatable bonds is 6. The van der Waals surface area contributed by atoms with Gasteiger partial charge in [-0.05, 0) is 30.2 Å². The van der Waals surface area contributed by atoms with E-state index in [0.29, 0.717) is 17.4 Å². The first kappa shape index (κ1) is 17.7. The van der Waals surface area contributed by atoms with Crippen LogP contribution in [0.5, 0.6) is 17.4 Å². The normalized spacial score (nSPS) is 10.6. The Labute approximate surface area is 164 Å². The van der Waals surface area contributed by atoms with Gasteiger partial charge < -0.3 is 9.47 Å². The lowest BCUT2D eigenvalue weighted by atomic mass is 10.1. The van der Waals surface area contributed by atoms with Crippen LogP contribution in [0.3, 0.4) is 0 Å². The van der Waals surface area contributed by atoms with Crippen LogP contribution in [0, 0.1) is 0 Å². The zero-order chi connectivity index (χ0) is 19.3. The summed E-state index contributed by atoms with van der Waals surface area (Å²) in [6.07, 6.45) is 2.63. The Morgan fingerprint density at radius 3 is 2.36 bits per heavy atom. The Morgan fingerprint density at radius 2 is 1.61 bits per heavy atom. The maximum Gasteiger partial charge on any atom is 0.246 e. The van der Waals surface area contributed by atoms with Gasteiger partial charge in [-0.25, -0.2) is 0 Å². The van der Waals surface area contributed by atoms with E-state index in [0.717, 1.165) is 34.0 Å². The van der Waals surface area contributed by atoms with Gasteiger partial charge in [-0.2, -0.15) is 0 Å². The number of hydrogen-bond acceptors (Lipinski definition) is 4. The number of aromatic nitrogens is 2. The van der Waals surface area contributed by atoms with Crippen molar-refractivity contribution in [2.24, 2.45) is 0 Å². The first-order valence-electron chi connectivity index (χ1n) is 9.06. The second-order valence-corrected chi connectivity index (χ2v) is 6.35. The summed E-state index contributed by atoms with van der Waals surface area (Å²) in [4.78, 5) is 0. The molecule has 0 radical (unpaired) electrons. The number of benzene rings is 3. The molecule has 3 aromatic carbocycles. The summed E-state index contributed by atoms with van der Waals surface area (Å²) in [6, 6.07) is 23.8. The highest BCUT2D eigenvalue weighted by molar-refractivity contribution is 5.97. The maximum atomic E-state index is 6.11. The van der Waals surface area contributed by atoms with E-state index in [-0.39, 0.29) is 0 Å². The van der Waals surface area contributed by atoms with E-state index in [1.54, 1.807) is 7.11 Å². The van der Waals surface area contributed by atoms with Gasteiger partial charge in [0, 0.05) is 16.3 Å². The molecular formula is C24H20N2O2. The average molecular weight is 368 g/mol. The van der Waals surface area contributed by atoms with E-state index < -0.39 is 0 Å². The summed E-state index contributed by atoms with van der Waals surface area (Å²) >= 11 is 0. The molecule has 0 fully saturated rings. The standard InChI is InChI=1S/C24H20N2O2/c1-3-9-17-14-15-21(22(16-17)27-2)28-24-20-13-8-7-12-19(20)23(25-26-24)18-10-5-4-6-11-18/h3-8,10-16H,1,9H2,2H3. The van der Waals surface area contributed by atoms with Crippen LogP contribution >= 0.6 is 0 Å². The van der Waals surface area contributed by atoms with Crippen molar-refractivity contribution in [2.75, 3.05) is 7.11 Å². The van der Waals surface area contributed by atoms with Crippen molar-refractivity contribution in [1.82, 2.24) is 10.2 Å². The van der Waals surface area contributed by atoms with Crippen LogP contribution in [0.15, 0.2) is 85.5 Å². The quantitative estimate of drug-likeness (QED) is 0.402. The van der Waals surface area contributed by atoms with Crippen molar-refractivity contribution in [3.8, 4) is 28.6 Å². The van der Waals surface area contributed by atoms with Gasteiger partial charge in [-0.3, -0.25) is 0 Å². The molecule has 4 heteroatoms. The van der Waals surface area contributed by atoms with Crippen molar-refractivity contribution >= 4 is 10.8 Å². The SMILES string of the molecule is C=CCc1ccc(Oc2nnc(-c3ccccc3)c3ccccc23)c(OC)c1. The van der Waals surface area contributed by atoms with Gasteiger partial charge in [0.25, 0.3) is 0 Å². The van der Waals surface area contributed by atoms with Gasteiger partial charge >= 0.3 is 0 Å². The molecule has 0 bridgehead atoms. The first-order chi connectivity index (χ1) is 13.8. The predicted molar refractivity (Wildman–Crippen MR) is 112 cm³/mol. The van der Waals surface area contributed by atoms with Gasteiger partial charge in [0.1, 0.15) is 5.69 Å². The first-order valence-corrected chi connectivity index (χ1v) is 9.06. The molecule has 0 aliphatic rings. The lowest BCUT2D eigenvalue weighted by Gasteiger charge is -2.13. The summed E-state index contributed by atoms with van der Waals surface area (Å²) in [5.74, 6) is 1.70. The van der Waals surface area contributed by atoms with Crippen LogP contribution in [0.4, 0.5) is 0 Å². The van der Waals surface area contributed by atoms with Crippen LogP contribution < -0.4 is 9.47 Å². The van der Waals surface area contributed by atoms with Crippen molar-refractivity contribution in [1.29, 1.82) is 0 Å². The Bertz CT molecular complexity index is 1120. The van der Waals surface area contributed by atoms with Crippen LogP contribution in [0.2, 0.25) is 0 Å². The van der Waals surface area contributed by atoms with E-state index >= 15 is 0 Å². The molecule has 4 aromatic rings. The van der Waals surface area contributed by atoms with E-state index in [2.05, 4.69) is 16.8 Å². The highest BCUT2D eigenvalue weighted by Gasteiger charge is 2.14. The minimum absolute atomic E-state index is 0.449. The number of hydrogen-bond donors (Lipinski definition) is 0. The van der Waals surface area contributed by atoms with E-state index in [1.807, 2.05) is 78.9 Å². The predicted octanol–water partition coefficient (Wildman–Crippen LogP) is 5.83. The average Bonchev–Trinajstić information content (AvgIpc) is 2.75. The third-order valence-electron chi connectivity index (χ3n) is 4.52. The number of nitrogens with zero attached hydrogens (tertiary/aromatic N) is 2. The molecule has 0 saturated carbocycles. The van der Waals surface area contributed by atoms with Crippen molar-refractivity contribution in [3.05, 3.63) is 91.0 Å². The number of fused-ring (bicyclic) bond motifs is 1. The van der Waals surface area contributed by atoms with Crippen molar-refractivity contribution in [2.45, 2.75) is 6.42 Å². The maximum absolute atomic E-state index is 6.11. The second kappa shape index (κ2) is 7.92. The second-order valence-electron chi connectivity index (χ2n) is 6.35. The highest BCUT2D eigenvalue weighted by Crippen LogP contribution is 2.36. The van der Waals surface area contributed by atoms with Crippen molar-refractivity contribution < 1.29 is 9.47 Å². The fourth-order valence-corrected chi connectivity index (χ4v) is 3.16. The Hall–Kier alpha value is -3.66. The lowest BCUT2D eigenvalue weighted by Crippen LogP contribution is -1.97. The van der Waals surface area contributed by atoms with Crippen LogP contribution in [0.1, 0.15) is 5.56 Å². The zero-order valence-corrected chi connectivity index (χ0v) is 15.6. The fourth-order valence-electron chi connectivity index (χ4n) is 3.16. The van der Waals surface area contributed by atoms with Crippen LogP contribution in [-0.2, 0) is 6.42 Å². The summed E-state index contributed by atoms with van der Waals surface area (Å²) < 4.78 is 11.6. The molecule has 1 heterocycles. The summed E-state index contributed by atoms with van der Waals surface area (Å²) in [5.41, 5.74) is 2.95. The lowest BCUT2D eigenvalue weighted by molar-refractivity contribution is 0.374. The topological polar surface area (TPSA) is 44.2 Å². The Kier molecular flexibility index (Phi) is 5.02. The summed E-state index contributed by atoms with van der Waals surface area (Å²) in [5, 5.41) is 10.7. The minimum atomic E-state index is 0.449. The van der Waals surface area contributed by atoms with Crippen LogP contribution in [0.25, 0.3) is 22.0 Å². The Balaban J connectivity index is 1.78. The largest absolute Gasteiger partial charge is 0.493 e. The third-order valence-corrected chi connectivity index (χ3v) is 4.52. The van der Waals surface area contributed by atoms with Gasteiger partial charge in [0.05, 0.1) is 7.11 Å². The van der Waals surface area contributed by atoms with Crippen molar-refractivity contribution in [3.63, 3.8) is 0 Å². The third kappa shape index (κ3) is 3.45. The molecule has 0 aliphatic heterocycles. The number of methoxy groups -OCH3 is 1. The molecule has 0 saturated heterocycles. The molecule has 4 nitrogen and oxygen atoms in total.